The van der Waals surface area contributed by atoms with Crippen molar-refractivity contribution in [1.82, 2.24) is 5.32 Å². The standard InChI is InChI=1S/C14H27N/c1-3-5-6-11-14(15-4-2)12-13-9-7-8-10-13/h3,13-15H,1,4-12H2,2H3. The first-order valence-electron chi connectivity index (χ1n) is 6.71. The van der Waals surface area contributed by atoms with Crippen molar-refractivity contribution >= 4 is 0 Å². The van der Waals surface area contributed by atoms with Gasteiger partial charge in [0.2, 0.25) is 0 Å². The number of hydrogen-bond donors (Lipinski definition) is 1. The van der Waals surface area contributed by atoms with E-state index in [0.29, 0.717) is 0 Å². The van der Waals surface area contributed by atoms with Crippen LogP contribution in [0.15, 0.2) is 12.7 Å². The molecule has 0 aliphatic heterocycles. The Labute approximate surface area is 95.3 Å². The second kappa shape index (κ2) is 7.92. The Morgan fingerprint density at radius 1 is 1.40 bits per heavy atom. The van der Waals surface area contributed by atoms with Crippen LogP contribution in [0.1, 0.15) is 58.3 Å². The summed E-state index contributed by atoms with van der Waals surface area (Å²) in [4.78, 5) is 0. The van der Waals surface area contributed by atoms with Crippen LogP contribution < -0.4 is 5.32 Å². The first-order valence-corrected chi connectivity index (χ1v) is 6.71. The van der Waals surface area contributed by atoms with Gasteiger partial charge in [-0.1, -0.05) is 38.7 Å². The van der Waals surface area contributed by atoms with Gasteiger partial charge in [0.25, 0.3) is 0 Å². The van der Waals surface area contributed by atoms with E-state index in [1.165, 1.54) is 51.4 Å². The van der Waals surface area contributed by atoms with Gasteiger partial charge in [0.1, 0.15) is 0 Å². The fourth-order valence-electron chi connectivity index (χ4n) is 2.75. The fourth-order valence-corrected chi connectivity index (χ4v) is 2.75. The molecule has 1 aliphatic carbocycles. The molecule has 0 aromatic rings. The van der Waals surface area contributed by atoms with E-state index in [0.717, 1.165) is 18.5 Å². The van der Waals surface area contributed by atoms with Crippen LogP contribution in [-0.4, -0.2) is 12.6 Å². The molecule has 0 radical (unpaired) electrons. The minimum Gasteiger partial charge on any atom is -0.314 e. The molecular formula is C14H27N. The lowest BCUT2D eigenvalue weighted by molar-refractivity contribution is 0.371. The molecule has 0 spiro atoms. The monoisotopic (exact) mass is 209 g/mol. The summed E-state index contributed by atoms with van der Waals surface area (Å²) >= 11 is 0. The van der Waals surface area contributed by atoms with E-state index in [1.807, 2.05) is 6.08 Å². The van der Waals surface area contributed by atoms with E-state index in [2.05, 4.69) is 18.8 Å². The highest BCUT2D eigenvalue weighted by Crippen LogP contribution is 2.29. The maximum Gasteiger partial charge on any atom is 0.00696 e. The van der Waals surface area contributed by atoms with Crippen LogP contribution in [0.3, 0.4) is 0 Å². The van der Waals surface area contributed by atoms with Crippen molar-refractivity contribution in [2.75, 3.05) is 6.54 Å². The largest absolute Gasteiger partial charge is 0.314 e. The number of nitrogens with one attached hydrogen (secondary N) is 1. The number of rotatable bonds is 8. The molecule has 0 heterocycles. The molecule has 1 atom stereocenters. The van der Waals surface area contributed by atoms with Crippen molar-refractivity contribution in [2.24, 2.45) is 5.92 Å². The fraction of sp³-hybridized carbons (Fsp3) is 0.857. The molecule has 1 saturated carbocycles. The van der Waals surface area contributed by atoms with Crippen molar-refractivity contribution in [2.45, 2.75) is 64.3 Å². The Bertz CT molecular complexity index is 159. The highest BCUT2D eigenvalue weighted by atomic mass is 14.9. The highest BCUT2D eigenvalue weighted by Gasteiger charge is 2.19. The van der Waals surface area contributed by atoms with E-state index in [1.54, 1.807) is 0 Å². The summed E-state index contributed by atoms with van der Waals surface area (Å²) in [6.07, 6.45) is 13.1. The van der Waals surface area contributed by atoms with Gasteiger partial charge in [-0.15, -0.1) is 6.58 Å². The molecule has 1 unspecified atom stereocenters. The third-order valence-electron chi connectivity index (χ3n) is 3.55. The van der Waals surface area contributed by atoms with E-state index in [4.69, 9.17) is 0 Å². The van der Waals surface area contributed by atoms with E-state index in [-0.39, 0.29) is 0 Å². The van der Waals surface area contributed by atoms with Crippen LogP contribution >= 0.6 is 0 Å². The minimum atomic E-state index is 0.762. The van der Waals surface area contributed by atoms with E-state index in [9.17, 15) is 0 Å². The van der Waals surface area contributed by atoms with E-state index < -0.39 is 0 Å². The molecule has 0 aromatic heterocycles. The predicted molar refractivity (Wildman–Crippen MR) is 68.1 cm³/mol. The zero-order valence-electron chi connectivity index (χ0n) is 10.3. The third kappa shape index (κ3) is 5.36. The predicted octanol–water partition coefficient (Wildman–Crippen LogP) is 3.90. The van der Waals surface area contributed by atoms with E-state index >= 15 is 0 Å². The van der Waals surface area contributed by atoms with Crippen molar-refractivity contribution in [1.29, 1.82) is 0 Å². The van der Waals surface area contributed by atoms with Crippen molar-refractivity contribution in [3.63, 3.8) is 0 Å². The van der Waals surface area contributed by atoms with Gasteiger partial charge in [-0.25, -0.2) is 0 Å². The summed E-state index contributed by atoms with van der Waals surface area (Å²) in [5.41, 5.74) is 0. The molecule has 1 rings (SSSR count). The van der Waals surface area contributed by atoms with Crippen LogP contribution in [0.5, 0.6) is 0 Å². The number of hydrogen-bond acceptors (Lipinski definition) is 1. The van der Waals surface area contributed by atoms with Crippen LogP contribution in [0.4, 0.5) is 0 Å². The van der Waals surface area contributed by atoms with Gasteiger partial charge in [0.15, 0.2) is 0 Å². The first kappa shape index (κ1) is 12.8. The zero-order chi connectivity index (χ0) is 10.9. The molecule has 1 N–H and O–H groups in total. The summed E-state index contributed by atoms with van der Waals surface area (Å²) in [5.74, 6) is 1.01. The molecule has 1 heteroatoms. The zero-order valence-corrected chi connectivity index (χ0v) is 10.3. The van der Waals surface area contributed by atoms with Gasteiger partial charge in [0, 0.05) is 6.04 Å². The average Bonchev–Trinajstić information content (AvgIpc) is 2.71. The molecular weight excluding hydrogens is 182 g/mol. The second-order valence-corrected chi connectivity index (χ2v) is 4.86. The maximum atomic E-state index is 3.79. The summed E-state index contributed by atoms with van der Waals surface area (Å²) < 4.78 is 0. The molecule has 0 amide bonds. The number of unbranched alkanes of at least 4 members (excludes halogenated alkanes) is 1. The van der Waals surface area contributed by atoms with Crippen LogP contribution in [0.25, 0.3) is 0 Å². The van der Waals surface area contributed by atoms with Gasteiger partial charge in [-0.05, 0) is 38.1 Å². The second-order valence-electron chi connectivity index (χ2n) is 4.86. The number of allylic oxidation sites excluding steroid dienone is 1. The normalized spacial score (nSPS) is 19.3. The summed E-state index contributed by atoms with van der Waals surface area (Å²) in [5, 5.41) is 3.63. The van der Waals surface area contributed by atoms with Gasteiger partial charge in [0.05, 0.1) is 0 Å². The Morgan fingerprint density at radius 3 is 2.73 bits per heavy atom. The lowest BCUT2D eigenvalue weighted by atomic mass is 9.95. The quantitative estimate of drug-likeness (QED) is 0.472. The lowest BCUT2D eigenvalue weighted by Crippen LogP contribution is -2.30. The molecule has 0 aromatic carbocycles. The Morgan fingerprint density at radius 2 is 2.13 bits per heavy atom. The van der Waals surface area contributed by atoms with Gasteiger partial charge < -0.3 is 5.32 Å². The Kier molecular flexibility index (Phi) is 6.74. The summed E-state index contributed by atoms with van der Waals surface area (Å²) in [6.45, 7) is 7.12. The van der Waals surface area contributed by atoms with Crippen LogP contribution in [-0.2, 0) is 0 Å². The van der Waals surface area contributed by atoms with Crippen molar-refractivity contribution < 1.29 is 0 Å². The molecule has 0 saturated heterocycles. The highest BCUT2D eigenvalue weighted by molar-refractivity contribution is 4.77. The maximum absolute atomic E-state index is 3.79. The van der Waals surface area contributed by atoms with Crippen LogP contribution in [0.2, 0.25) is 0 Å². The van der Waals surface area contributed by atoms with Crippen molar-refractivity contribution in [3.05, 3.63) is 12.7 Å². The minimum absolute atomic E-state index is 0.762. The third-order valence-corrected chi connectivity index (χ3v) is 3.55. The topological polar surface area (TPSA) is 12.0 Å². The molecule has 1 aliphatic rings. The van der Waals surface area contributed by atoms with Crippen LogP contribution in [0, 0.1) is 5.92 Å². The smallest absolute Gasteiger partial charge is 0.00696 e. The van der Waals surface area contributed by atoms with Gasteiger partial charge >= 0.3 is 0 Å². The Balaban J connectivity index is 2.18. The summed E-state index contributed by atoms with van der Waals surface area (Å²) in [6, 6.07) is 0.762. The SMILES string of the molecule is C=CCCCC(CC1CCCC1)NCC. The first-order chi connectivity index (χ1) is 7.36. The van der Waals surface area contributed by atoms with Crippen molar-refractivity contribution in [3.8, 4) is 0 Å². The molecule has 88 valence electrons. The molecule has 1 fully saturated rings. The summed E-state index contributed by atoms with van der Waals surface area (Å²) in [7, 11) is 0. The lowest BCUT2D eigenvalue weighted by Gasteiger charge is -2.21. The average molecular weight is 209 g/mol. The molecule has 15 heavy (non-hydrogen) atoms. The van der Waals surface area contributed by atoms with Gasteiger partial charge in [-0.2, -0.15) is 0 Å². The molecule has 0 bridgehead atoms. The van der Waals surface area contributed by atoms with Gasteiger partial charge in [-0.3, -0.25) is 0 Å². The molecule has 1 nitrogen and oxygen atoms in total. The Hall–Kier alpha value is -0.300.